The van der Waals surface area contributed by atoms with Crippen LogP contribution in [0.2, 0.25) is 0 Å². The fraction of sp³-hybridized carbons (Fsp3) is 0.571. The van der Waals surface area contributed by atoms with Gasteiger partial charge in [-0.2, -0.15) is 5.10 Å². The van der Waals surface area contributed by atoms with E-state index in [-0.39, 0.29) is 23.9 Å². The molecule has 158 valence electrons. The van der Waals surface area contributed by atoms with Gasteiger partial charge in [-0.15, -0.1) is 0 Å². The molecule has 0 radical (unpaired) electrons. The predicted octanol–water partition coefficient (Wildman–Crippen LogP) is 2.02. The van der Waals surface area contributed by atoms with Gasteiger partial charge in [-0.25, -0.2) is 4.39 Å². The second-order valence-corrected chi connectivity index (χ2v) is 7.83. The van der Waals surface area contributed by atoms with Crippen LogP contribution in [0.25, 0.3) is 0 Å². The summed E-state index contributed by atoms with van der Waals surface area (Å²) >= 11 is 0. The van der Waals surface area contributed by atoms with Gasteiger partial charge in [0.2, 0.25) is 5.91 Å². The molecule has 2 heterocycles. The van der Waals surface area contributed by atoms with Crippen molar-refractivity contribution in [3.63, 3.8) is 0 Å². The van der Waals surface area contributed by atoms with E-state index in [1.807, 2.05) is 0 Å². The molecule has 29 heavy (non-hydrogen) atoms. The SMILES string of the molecule is CC1CCCCN1CCCCNC(=O)C1=NN(c2ccc(F)cc2)C(C(N)=O)C1. The number of anilines is 1. The fourth-order valence-electron chi connectivity index (χ4n) is 3.93. The lowest BCUT2D eigenvalue weighted by atomic mass is 10.0. The van der Waals surface area contributed by atoms with Crippen molar-refractivity contribution >= 4 is 23.2 Å². The standard InChI is InChI=1S/C21H30FN5O2/c1-15-6-2-4-12-26(15)13-5-3-11-24-21(29)18-14-19(20(23)28)27(25-18)17-9-7-16(22)8-10-17/h7-10,15,19H,2-6,11-14H2,1H3,(H2,23,28)(H,24,29). The van der Waals surface area contributed by atoms with E-state index in [1.54, 1.807) is 0 Å². The number of piperidine rings is 1. The van der Waals surface area contributed by atoms with Crippen LogP contribution in [0.4, 0.5) is 10.1 Å². The van der Waals surface area contributed by atoms with Gasteiger partial charge in [0.15, 0.2) is 0 Å². The molecule has 0 aliphatic carbocycles. The Balaban J connectivity index is 1.48. The summed E-state index contributed by atoms with van der Waals surface area (Å²) in [4.78, 5) is 26.8. The molecule has 0 saturated carbocycles. The molecule has 2 amide bonds. The number of benzene rings is 1. The first-order valence-electron chi connectivity index (χ1n) is 10.4. The summed E-state index contributed by atoms with van der Waals surface area (Å²) in [6.45, 7) is 5.07. The predicted molar refractivity (Wildman–Crippen MR) is 111 cm³/mol. The minimum atomic E-state index is -0.748. The number of halogens is 1. The lowest BCUT2D eigenvalue weighted by molar-refractivity contribution is -0.119. The molecular weight excluding hydrogens is 373 g/mol. The molecule has 3 N–H and O–H groups in total. The molecule has 0 spiro atoms. The van der Waals surface area contributed by atoms with Crippen LogP contribution < -0.4 is 16.1 Å². The van der Waals surface area contributed by atoms with Crippen LogP contribution in [0.3, 0.4) is 0 Å². The molecule has 2 aliphatic heterocycles. The number of rotatable bonds is 8. The molecular formula is C21H30FN5O2. The van der Waals surface area contributed by atoms with Crippen LogP contribution in [0, 0.1) is 5.82 Å². The van der Waals surface area contributed by atoms with Crippen molar-refractivity contribution in [2.45, 2.75) is 57.5 Å². The molecule has 2 atom stereocenters. The highest BCUT2D eigenvalue weighted by Crippen LogP contribution is 2.25. The Bertz CT molecular complexity index is 752. The maximum atomic E-state index is 13.2. The summed E-state index contributed by atoms with van der Waals surface area (Å²) in [5.74, 6) is -1.24. The summed E-state index contributed by atoms with van der Waals surface area (Å²) in [6.07, 6.45) is 5.92. The zero-order valence-electron chi connectivity index (χ0n) is 16.9. The largest absolute Gasteiger partial charge is 0.368 e. The Morgan fingerprint density at radius 3 is 2.69 bits per heavy atom. The molecule has 3 rings (SSSR count). The van der Waals surface area contributed by atoms with E-state index in [0.29, 0.717) is 18.3 Å². The van der Waals surface area contributed by atoms with Crippen molar-refractivity contribution in [3.05, 3.63) is 30.1 Å². The number of hydrogen-bond acceptors (Lipinski definition) is 5. The smallest absolute Gasteiger partial charge is 0.267 e. The van der Waals surface area contributed by atoms with Gasteiger partial charge in [-0.3, -0.25) is 14.6 Å². The van der Waals surface area contributed by atoms with Crippen molar-refractivity contribution in [2.75, 3.05) is 24.6 Å². The van der Waals surface area contributed by atoms with E-state index < -0.39 is 11.9 Å². The third-order valence-electron chi connectivity index (χ3n) is 5.69. The molecule has 7 nitrogen and oxygen atoms in total. The van der Waals surface area contributed by atoms with Crippen LogP contribution in [0.15, 0.2) is 29.4 Å². The molecule has 0 bridgehead atoms. The maximum absolute atomic E-state index is 13.2. The molecule has 2 unspecified atom stereocenters. The van der Waals surface area contributed by atoms with E-state index in [2.05, 4.69) is 22.2 Å². The summed E-state index contributed by atoms with van der Waals surface area (Å²) in [6, 6.07) is 5.49. The van der Waals surface area contributed by atoms with Crippen molar-refractivity contribution in [3.8, 4) is 0 Å². The number of unbranched alkanes of at least 4 members (excludes halogenated alkanes) is 1. The molecule has 1 aromatic rings. The van der Waals surface area contributed by atoms with Gasteiger partial charge in [-0.05, 0) is 70.0 Å². The molecule has 1 aromatic carbocycles. The summed E-state index contributed by atoms with van der Waals surface area (Å²) < 4.78 is 13.2. The van der Waals surface area contributed by atoms with Gasteiger partial charge in [0, 0.05) is 19.0 Å². The first-order chi connectivity index (χ1) is 14.0. The molecule has 0 aromatic heterocycles. The van der Waals surface area contributed by atoms with Gasteiger partial charge in [0.1, 0.15) is 17.6 Å². The van der Waals surface area contributed by atoms with Gasteiger partial charge >= 0.3 is 0 Å². The third kappa shape index (κ3) is 5.53. The zero-order chi connectivity index (χ0) is 20.8. The van der Waals surface area contributed by atoms with E-state index >= 15 is 0 Å². The number of carbonyl (C=O) groups is 2. The van der Waals surface area contributed by atoms with Crippen LogP contribution in [0.5, 0.6) is 0 Å². The topological polar surface area (TPSA) is 91.0 Å². The number of carbonyl (C=O) groups excluding carboxylic acids is 2. The lowest BCUT2D eigenvalue weighted by Gasteiger charge is -2.33. The minimum absolute atomic E-state index is 0.143. The number of likely N-dealkylation sites (tertiary alicyclic amines) is 1. The Kier molecular flexibility index (Phi) is 7.19. The van der Waals surface area contributed by atoms with E-state index in [4.69, 9.17) is 5.73 Å². The number of nitrogens with one attached hydrogen (secondary N) is 1. The van der Waals surface area contributed by atoms with Crippen molar-refractivity contribution in [1.82, 2.24) is 10.2 Å². The quantitative estimate of drug-likeness (QED) is 0.650. The lowest BCUT2D eigenvalue weighted by Crippen LogP contribution is -2.40. The second-order valence-electron chi connectivity index (χ2n) is 7.83. The Morgan fingerprint density at radius 1 is 1.24 bits per heavy atom. The van der Waals surface area contributed by atoms with Crippen molar-refractivity contribution < 1.29 is 14.0 Å². The number of nitrogens with two attached hydrogens (primary N) is 1. The molecule has 1 saturated heterocycles. The van der Waals surface area contributed by atoms with Crippen LogP contribution in [0.1, 0.15) is 45.4 Å². The summed E-state index contributed by atoms with van der Waals surface area (Å²) in [5, 5.41) is 8.56. The first kappa shape index (κ1) is 21.2. The molecule has 2 aliphatic rings. The Morgan fingerprint density at radius 2 is 2.00 bits per heavy atom. The number of primary amides is 1. The minimum Gasteiger partial charge on any atom is -0.368 e. The van der Waals surface area contributed by atoms with E-state index in [9.17, 15) is 14.0 Å². The molecule has 8 heteroatoms. The zero-order valence-corrected chi connectivity index (χ0v) is 16.9. The molecule has 1 fully saturated rings. The summed E-state index contributed by atoms with van der Waals surface area (Å²) in [5.41, 5.74) is 6.26. The number of hydrogen-bond donors (Lipinski definition) is 2. The number of nitrogens with zero attached hydrogens (tertiary/aromatic N) is 3. The monoisotopic (exact) mass is 403 g/mol. The Labute approximate surface area is 171 Å². The van der Waals surface area contributed by atoms with Crippen molar-refractivity contribution in [1.29, 1.82) is 0 Å². The number of hydrazone groups is 1. The fourth-order valence-corrected chi connectivity index (χ4v) is 3.93. The van der Waals surface area contributed by atoms with Crippen molar-refractivity contribution in [2.24, 2.45) is 10.8 Å². The van der Waals surface area contributed by atoms with Crippen LogP contribution in [-0.2, 0) is 9.59 Å². The average Bonchev–Trinajstić information content (AvgIpc) is 3.15. The normalized spacial score (nSPS) is 22.4. The van der Waals surface area contributed by atoms with Gasteiger partial charge < -0.3 is 16.0 Å². The number of amides is 2. The van der Waals surface area contributed by atoms with Crippen LogP contribution in [-0.4, -0.2) is 54.1 Å². The average molecular weight is 404 g/mol. The highest BCUT2D eigenvalue weighted by Gasteiger charge is 2.34. The highest BCUT2D eigenvalue weighted by atomic mass is 19.1. The first-order valence-corrected chi connectivity index (χ1v) is 10.4. The maximum Gasteiger partial charge on any atom is 0.267 e. The van der Waals surface area contributed by atoms with Gasteiger partial charge in [0.25, 0.3) is 5.91 Å². The highest BCUT2D eigenvalue weighted by molar-refractivity contribution is 6.40. The van der Waals surface area contributed by atoms with Crippen LogP contribution >= 0.6 is 0 Å². The summed E-state index contributed by atoms with van der Waals surface area (Å²) in [7, 11) is 0. The van der Waals surface area contributed by atoms with Gasteiger partial charge in [-0.1, -0.05) is 6.42 Å². The van der Waals surface area contributed by atoms with Gasteiger partial charge in [0.05, 0.1) is 5.69 Å². The Hall–Kier alpha value is -2.48. The van der Waals surface area contributed by atoms with E-state index in [0.717, 1.165) is 25.9 Å². The third-order valence-corrected chi connectivity index (χ3v) is 5.69. The second kappa shape index (κ2) is 9.82. The van der Waals surface area contributed by atoms with E-state index in [1.165, 1.54) is 48.5 Å².